The molecule has 17 heavy (non-hydrogen) atoms. The van der Waals surface area contributed by atoms with Crippen molar-refractivity contribution in [1.29, 1.82) is 0 Å². The van der Waals surface area contributed by atoms with Gasteiger partial charge in [-0.2, -0.15) is 0 Å². The summed E-state index contributed by atoms with van der Waals surface area (Å²) in [7, 11) is 1.33. The quantitative estimate of drug-likeness (QED) is 0.732. The Morgan fingerprint density at radius 1 is 1.59 bits per heavy atom. The Morgan fingerprint density at radius 3 is 2.88 bits per heavy atom. The first-order valence-corrected chi connectivity index (χ1v) is 5.90. The van der Waals surface area contributed by atoms with Crippen LogP contribution < -0.4 is 11.1 Å². The molecule has 0 aromatic carbocycles. The van der Waals surface area contributed by atoms with E-state index in [0.717, 1.165) is 6.42 Å². The van der Waals surface area contributed by atoms with Crippen molar-refractivity contribution in [3.63, 3.8) is 0 Å². The molecule has 0 aromatic heterocycles. The lowest BCUT2D eigenvalue weighted by atomic mass is 10.2. The summed E-state index contributed by atoms with van der Waals surface area (Å²) >= 11 is 0. The van der Waals surface area contributed by atoms with Crippen molar-refractivity contribution in [2.24, 2.45) is 5.73 Å². The van der Waals surface area contributed by atoms with Gasteiger partial charge in [-0.25, -0.2) is 4.79 Å². The minimum absolute atomic E-state index is 0.00157. The Balaban J connectivity index is 2.29. The van der Waals surface area contributed by atoms with Gasteiger partial charge in [-0.3, -0.25) is 4.79 Å². The summed E-state index contributed by atoms with van der Waals surface area (Å²) in [6, 6.07) is 0.0484. The lowest BCUT2D eigenvalue weighted by molar-refractivity contribution is -0.130. The van der Waals surface area contributed by atoms with Gasteiger partial charge in [0.15, 0.2) is 0 Å². The maximum absolute atomic E-state index is 11.8. The molecule has 0 aliphatic carbocycles. The van der Waals surface area contributed by atoms with Crippen molar-refractivity contribution in [3.8, 4) is 0 Å². The number of ether oxygens (including phenoxy) is 1. The van der Waals surface area contributed by atoms with E-state index in [-0.39, 0.29) is 18.0 Å². The molecule has 98 valence electrons. The zero-order chi connectivity index (χ0) is 12.8. The lowest BCUT2D eigenvalue weighted by Gasteiger charge is -2.17. The van der Waals surface area contributed by atoms with Gasteiger partial charge in [-0.1, -0.05) is 0 Å². The molecule has 2 unspecified atom stereocenters. The van der Waals surface area contributed by atoms with Crippen molar-refractivity contribution < 1.29 is 14.3 Å². The van der Waals surface area contributed by atoms with E-state index in [0.29, 0.717) is 25.9 Å². The molecule has 1 aliphatic rings. The van der Waals surface area contributed by atoms with Gasteiger partial charge in [-0.15, -0.1) is 0 Å². The summed E-state index contributed by atoms with van der Waals surface area (Å²) < 4.78 is 4.52. The van der Waals surface area contributed by atoms with Gasteiger partial charge in [0.25, 0.3) is 0 Å². The smallest absolute Gasteiger partial charge is 0.407 e. The molecule has 1 fully saturated rings. The van der Waals surface area contributed by atoms with Crippen LogP contribution in [0.15, 0.2) is 0 Å². The molecule has 0 bridgehead atoms. The molecular weight excluding hydrogens is 222 g/mol. The van der Waals surface area contributed by atoms with E-state index < -0.39 is 6.09 Å². The molecule has 0 saturated carbocycles. The molecule has 6 nitrogen and oxygen atoms in total. The summed E-state index contributed by atoms with van der Waals surface area (Å²) in [6.45, 7) is 3.14. The number of carbonyl (C=O) groups is 2. The van der Waals surface area contributed by atoms with Crippen LogP contribution in [0.1, 0.15) is 26.2 Å². The average Bonchev–Trinajstić information content (AvgIpc) is 2.74. The number of amides is 2. The second-order valence-electron chi connectivity index (χ2n) is 4.48. The molecule has 1 aliphatic heterocycles. The Labute approximate surface area is 101 Å². The Morgan fingerprint density at radius 2 is 2.29 bits per heavy atom. The number of carbonyl (C=O) groups excluding carboxylic acids is 2. The van der Waals surface area contributed by atoms with Gasteiger partial charge in [0.1, 0.15) is 0 Å². The molecule has 0 aromatic rings. The van der Waals surface area contributed by atoms with Gasteiger partial charge in [0, 0.05) is 25.6 Å². The summed E-state index contributed by atoms with van der Waals surface area (Å²) in [5.41, 5.74) is 5.61. The number of nitrogens with two attached hydrogens (primary N) is 1. The topological polar surface area (TPSA) is 84.7 Å². The molecule has 3 N–H and O–H groups in total. The number of methoxy groups -OCH3 is 1. The predicted molar refractivity (Wildman–Crippen MR) is 63.4 cm³/mol. The number of nitrogens with zero attached hydrogens (tertiary/aromatic N) is 1. The van der Waals surface area contributed by atoms with Gasteiger partial charge in [0.05, 0.1) is 13.2 Å². The van der Waals surface area contributed by atoms with E-state index in [4.69, 9.17) is 5.73 Å². The summed E-state index contributed by atoms with van der Waals surface area (Å²) in [5, 5.41) is 2.70. The van der Waals surface area contributed by atoms with Crippen LogP contribution in [-0.4, -0.2) is 49.2 Å². The summed E-state index contributed by atoms with van der Waals surface area (Å²) in [4.78, 5) is 24.5. The molecule has 1 rings (SSSR count). The zero-order valence-corrected chi connectivity index (χ0v) is 10.4. The van der Waals surface area contributed by atoms with Crippen molar-refractivity contribution in [1.82, 2.24) is 10.2 Å². The Hall–Kier alpha value is -1.30. The van der Waals surface area contributed by atoms with Crippen LogP contribution in [0.3, 0.4) is 0 Å². The van der Waals surface area contributed by atoms with Crippen LogP contribution in [0.4, 0.5) is 4.79 Å². The molecule has 6 heteroatoms. The van der Waals surface area contributed by atoms with Crippen LogP contribution in [0.2, 0.25) is 0 Å². The van der Waals surface area contributed by atoms with Crippen LogP contribution in [0, 0.1) is 0 Å². The standard InChI is InChI=1S/C11H21N3O3/c1-8(12)3-4-10(15)14-6-5-9(7-14)13-11(16)17-2/h8-9H,3-7,12H2,1-2H3,(H,13,16). The van der Waals surface area contributed by atoms with Gasteiger partial charge < -0.3 is 20.7 Å². The molecule has 2 amide bonds. The zero-order valence-electron chi connectivity index (χ0n) is 10.4. The first kappa shape index (κ1) is 13.8. The normalized spacial score (nSPS) is 21.1. The van der Waals surface area contributed by atoms with E-state index in [9.17, 15) is 9.59 Å². The minimum Gasteiger partial charge on any atom is -0.453 e. The first-order valence-electron chi connectivity index (χ1n) is 5.90. The summed E-state index contributed by atoms with van der Waals surface area (Å²) in [5.74, 6) is 0.108. The maximum Gasteiger partial charge on any atom is 0.407 e. The Bertz CT molecular complexity index is 281. The molecule has 1 heterocycles. The fourth-order valence-electron chi connectivity index (χ4n) is 1.84. The fourth-order valence-corrected chi connectivity index (χ4v) is 1.84. The molecule has 0 spiro atoms. The second kappa shape index (κ2) is 6.44. The van der Waals surface area contributed by atoms with Crippen molar-refractivity contribution in [3.05, 3.63) is 0 Å². The van der Waals surface area contributed by atoms with Crippen molar-refractivity contribution >= 4 is 12.0 Å². The van der Waals surface area contributed by atoms with Crippen molar-refractivity contribution in [2.75, 3.05) is 20.2 Å². The molecular formula is C11H21N3O3. The number of hydrogen-bond donors (Lipinski definition) is 2. The molecule has 2 atom stereocenters. The van der Waals surface area contributed by atoms with Crippen LogP contribution in [0.25, 0.3) is 0 Å². The largest absolute Gasteiger partial charge is 0.453 e. The average molecular weight is 243 g/mol. The number of likely N-dealkylation sites (tertiary alicyclic amines) is 1. The van der Waals surface area contributed by atoms with Crippen LogP contribution in [-0.2, 0) is 9.53 Å². The third-order valence-corrected chi connectivity index (χ3v) is 2.86. The van der Waals surface area contributed by atoms with Crippen LogP contribution >= 0.6 is 0 Å². The fraction of sp³-hybridized carbons (Fsp3) is 0.818. The highest BCUT2D eigenvalue weighted by Gasteiger charge is 2.27. The van der Waals surface area contributed by atoms with Crippen LogP contribution in [0.5, 0.6) is 0 Å². The van der Waals surface area contributed by atoms with Gasteiger partial charge >= 0.3 is 6.09 Å². The number of hydrogen-bond acceptors (Lipinski definition) is 4. The Kier molecular flexibility index (Phi) is 5.21. The van der Waals surface area contributed by atoms with E-state index >= 15 is 0 Å². The van der Waals surface area contributed by atoms with E-state index in [2.05, 4.69) is 10.1 Å². The maximum atomic E-state index is 11.8. The second-order valence-corrected chi connectivity index (χ2v) is 4.48. The minimum atomic E-state index is -0.445. The SMILES string of the molecule is COC(=O)NC1CCN(C(=O)CCC(C)N)C1. The third-order valence-electron chi connectivity index (χ3n) is 2.86. The predicted octanol–water partition coefficient (Wildman–Crippen LogP) is 0.0707. The highest BCUT2D eigenvalue weighted by atomic mass is 16.5. The molecule has 0 radical (unpaired) electrons. The third kappa shape index (κ3) is 4.60. The van der Waals surface area contributed by atoms with Crippen molar-refractivity contribution in [2.45, 2.75) is 38.3 Å². The highest BCUT2D eigenvalue weighted by molar-refractivity contribution is 5.76. The summed E-state index contributed by atoms with van der Waals surface area (Å²) in [6.07, 6.45) is 1.51. The van der Waals surface area contributed by atoms with E-state index in [1.807, 2.05) is 6.92 Å². The van der Waals surface area contributed by atoms with E-state index in [1.165, 1.54) is 7.11 Å². The van der Waals surface area contributed by atoms with E-state index in [1.54, 1.807) is 4.90 Å². The number of rotatable bonds is 4. The first-order chi connectivity index (χ1) is 8.02. The lowest BCUT2D eigenvalue weighted by Crippen LogP contribution is -2.38. The highest BCUT2D eigenvalue weighted by Crippen LogP contribution is 2.11. The van der Waals surface area contributed by atoms with Gasteiger partial charge in [-0.05, 0) is 19.8 Å². The number of alkyl carbamates (subject to hydrolysis) is 1. The number of nitrogens with one attached hydrogen (secondary N) is 1. The molecule has 1 saturated heterocycles. The van der Waals surface area contributed by atoms with Gasteiger partial charge in [0.2, 0.25) is 5.91 Å². The monoisotopic (exact) mass is 243 g/mol.